The van der Waals surface area contributed by atoms with Gasteiger partial charge >= 0.3 is 0 Å². The van der Waals surface area contributed by atoms with Gasteiger partial charge in [-0.25, -0.2) is 0 Å². The van der Waals surface area contributed by atoms with Crippen LogP contribution in [0.15, 0.2) is 121 Å². The van der Waals surface area contributed by atoms with Crippen molar-refractivity contribution in [2.45, 2.75) is 42.0 Å². The summed E-state index contributed by atoms with van der Waals surface area (Å²) in [6, 6.07) is 36.5. The average molecular weight is 705 g/mol. The monoisotopic (exact) mass is 704 g/mol. The Balaban J connectivity index is 0.000000349. The van der Waals surface area contributed by atoms with E-state index in [1.165, 1.54) is 38.8 Å². The Morgan fingerprint density at radius 3 is 0.808 bits per heavy atom. The maximum atomic E-state index is 10.9. The molecule has 0 fully saturated rings. The van der Waals surface area contributed by atoms with Crippen LogP contribution < -0.4 is 14.2 Å². The second-order valence-electron chi connectivity index (χ2n) is 11.1. The second-order valence-corrected chi connectivity index (χ2v) is 11.1. The van der Waals surface area contributed by atoms with E-state index in [0.717, 1.165) is 17.2 Å². The van der Waals surface area contributed by atoms with Crippen LogP contribution in [-0.4, -0.2) is 50.2 Å². The van der Waals surface area contributed by atoms with E-state index in [1.807, 2.05) is 48.5 Å². The Hall–Kier alpha value is -6.15. The minimum Gasteiger partial charge on any atom is -0.497 e. The van der Waals surface area contributed by atoms with Crippen LogP contribution in [0.4, 0.5) is 0 Å². The van der Waals surface area contributed by atoms with Crippen LogP contribution in [0.3, 0.4) is 0 Å². The van der Waals surface area contributed by atoms with Crippen molar-refractivity contribution in [3.63, 3.8) is 0 Å². The molecule has 0 bridgehead atoms. The molecule has 52 heavy (non-hydrogen) atoms. The molecule has 0 aromatic heterocycles. The fraction of sp³-hybridized carbons (Fsp3) is 0.205. The van der Waals surface area contributed by atoms with Gasteiger partial charge in [-0.2, -0.15) is 0 Å². The van der Waals surface area contributed by atoms with Crippen molar-refractivity contribution in [2.24, 2.45) is 0 Å². The maximum Gasteiger partial charge on any atom is 0.159 e. The van der Waals surface area contributed by atoms with Gasteiger partial charge in [-0.3, -0.25) is 24.0 Å². The van der Waals surface area contributed by atoms with E-state index in [2.05, 4.69) is 0 Å². The van der Waals surface area contributed by atoms with Gasteiger partial charge in [-0.15, -0.1) is 0 Å². The first-order valence-electron chi connectivity index (χ1n) is 16.0. The molecule has 5 aromatic carbocycles. The molecule has 0 radical (unpaired) electrons. The summed E-state index contributed by atoms with van der Waals surface area (Å²) in [5, 5.41) is 0. The highest BCUT2D eigenvalue weighted by atomic mass is 16.5. The van der Waals surface area contributed by atoms with E-state index in [4.69, 9.17) is 14.2 Å². The summed E-state index contributed by atoms with van der Waals surface area (Å²) in [4.78, 5) is 54.3. The van der Waals surface area contributed by atoms with Gasteiger partial charge < -0.3 is 14.2 Å². The number of carbonyl (C=O) groups excluding carboxylic acids is 5. The van der Waals surface area contributed by atoms with E-state index in [9.17, 15) is 24.0 Å². The van der Waals surface area contributed by atoms with E-state index in [-0.39, 0.29) is 36.3 Å². The number of Topliss-reactive ketones (excluding diaryl/α,β-unsaturated/α-hetero) is 5. The zero-order valence-corrected chi connectivity index (χ0v) is 30.3. The van der Waals surface area contributed by atoms with Gasteiger partial charge in [0.25, 0.3) is 0 Å². The quantitative estimate of drug-likeness (QED) is 0.139. The standard InChI is InChI=1S/C14H14O2.2C10H10O2.C9H10O2.CH4/c1-15-13-7-3-11(4-8-13)12-5-9-14(16-2)10-6-12;1-7(11)9-3-5-10(6-4-9)8(2)12;1-7(11)9-4-3-5-10(6-9)8(2)12;1-7(10)8-3-5-9(11-2)6-4-8;/h3-10H,1-2H3;2*3-6H,1-2H3;3-6H,1-2H3;1H4. The lowest BCUT2D eigenvalue weighted by Gasteiger charge is -2.05. The molecule has 0 saturated heterocycles. The van der Waals surface area contributed by atoms with Crippen LogP contribution in [0, 0.1) is 0 Å². The Kier molecular flexibility index (Phi) is 19.0. The van der Waals surface area contributed by atoms with Crippen LogP contribution in [-0.2, 0) is 0 Å². The molecule has 272 valence electrons. The summed E-state index contributed by atoms with van der Waals surface area (Å²) in [5.41, 5.74) is 5.50. The molecule has 0 saturated carbocycles. The number of carbonyl (C=O) groups is 5. The summed E-state index contributed by atoms with van der Waals surface area (Å²) in [6.07, 6.45) is 0. The van der Waals surface area contributed by atoms with Crippen molar-refractivity contribution in [3.05, 3.63) is 149 Å². The van der Waals surface area contributed by atoms with Crippen LogP contribution in [0.5, 0.6) is 17.2 Å². The predicted molar refractivity (Wildman–Crippen MR) is 208 cm³/mol. The van der Waals surface area contributed by atoms with Crippen LogP contribution in [0.25, 0.3) is 11.1 Å². The smallest absolute Gasteiger partial charge is 0.159 e. The molecule has 5 aromatic rings. The number of rotatable bonds is 9. The highest BCUT2D eigenvalue weighted by molar-refractivity contribution is 5.99. The Bertz CT molecular complexity index is 1780. The number of ketones is 5. The fourth-order valence-electron chi connectivity index (χ4n) is 4.29. The Morgan fingerprint density at radius 1 is 0.346 bits per heavy atom. The summed E-state index contributed by atoms with van der Waals surface area (Å²) in [6.45, 7) is 7.52. The SMILES string of the molecule is C.CC(=O)c1ccc(C(C)=O)cc1.CC(=O)c1cccc(C(C)=O)c1.COc1ccc(-c2ccc(OC)cc2)cc1.COc1ccc(C(C)=O)cc1. The summed E-state index contributed by atoms with van der Waals surface area (Å²) >= 11 is 0. The van der Waals surface area contributed by atoms with Gasteiger partial charge in [-0.1, -0.05) is 74.2 Å². The Morgan fingerprint density at radius 2 is 0.577 bits per heavy atom. The van der Waals surface area contributed by atoms with Gasteiger partial charge in [0.2, 0.25) is 0 Å². The van der Waals surface area contributed by atoms with Crippen molar-refractivity contribution < 1.29 is 38.2 Å². The lowest BCUT2D eigenvalue weighted by Crippen LogP contribution is -1.96. The lowest BCUT2D eigenvalue weighted by atomic mass is 10.1. The Labute approximate surface area is 307 Å². The van der Waals surface area contributed by atoms with Crippen molar-refractivity contribution in [1.82, 2.24) is 0 Å². The molecule has 0 atom stereocenters. The number of ether oxygens (including phenoxy) is 3. The number of hydrogen-bond donors (Lipinski definition) is 0. The first-order chi connectivity index (χ1) is 24.3. The van der Waals surface area contributed by atoms with Gasteiger partial charge in [0.05, 0.1) is 21.3 Å². The number of methoxy groups -OCH3 is 3. The van der Waals surface area contributed by atoms with Crippen LogP contribution in [0.1, 0.15) is 93.8 Å². The molecular formula is C44H48O8. The van der Waals surface area contributed by atoms with E-state index >= 15 is 0 Å². The average Bonchev–Trinajstić information content (AvgIpc) is 3.15. The number of hydrogen-bond acceptors (Lipinski definition) is 8. The molecule has 8 nitrogen and oxygen atoms in total. The van der Waals surface area contributed by atoms with E-state index in [1.54, 1.807) is 101 Å². The normalized spacial score (nSPS) is 9.38. The first-order valence-corrected chi connectivity index (χ1v) is 16.0. The topological polar surface area (TPSA) is 113 Å². The minimum atomic E-state index is -0.0156. The molecule has 0 aliphatic rings. The van der Waals surface area contributed by atoms with Crippen molar-refractivity contribution in [3.8, 4) is 28.4 Å². The van der Waals surface area contributed by atoms with Crippen molar-refractivity contribution in [2.75, 3.05) is 21.3 Å². The van der Waals surface area contributed by atoms with E-state index < -0.39 is 0 Å². The first kappa shape index (κ1) is 43.9. The largest absolute Gasteiger partial charge is 0.497 e. The highest BCUT2D eigenvalue weighted by Gasteiger charge is 2.03. The molecule has 8 heteroatoms. The van der Waals surface area contributed by atoms with Gasteiger partial charge in [0.1, 0.15) is 17.2 Å². The van der Waals surface area contributed by atoms with Crippen LogP contribution in [0.2, 0.25) is 0 Å². The molecule has 0 aliphatic carbocycles. The third-order valence-electron chi connectivity index (χ3n) is 7.38. The summed E-state index contributed by atoms with van der Waals surface area (Å²) in [7, 11) is 4.94. The third kappa shape index (κ3) is 14.8. The molecule has 0 spiro atoms. The van der Waals surface area contributed by atoms with Crippen molar-refractivity contribution >= 4 is 28.9 Å². The lowest BCUT2D eigenvalue weighted by molar-refractivity contribution is 0.100. The predicted octanol–water partition coefficient (Wildman–Crippen LogP) is 10.1. The third-order valence-corrected chi connectivity index (χ3v) is 7.38. The van der Waals surface area contributed by atoms with Crippen LogP contribution >= 0.6 is 0 Å². The number of benzene rings is 5. The van der Waals surface area contributed by atoms with Crippen molar-refractivity contribution in [1.29, 1.82) is 0 Å². The minimum absolute atomic E-state index is 0. The zero-order valence-electron chi connectivity index (χ0n) is 30.3. The highest BCUT2D eigenvalue weighted by Crippen LogP contribution is 2.24. The molecule has 0 N–H and O–H groups in total. The summed E-state index contributed by atoms with van der Waals surface area (Å²) < 4.78 is 15.2. The molecule has 0 amide bonds. The second kappa shape index (κ2) is 22.5. The van der Waals surface area contributed by atoms with Gasteiger partial charge in [0, 0.05) is 27.8 Å². The van der Waals surface area contributed by atoms with Gasteiger partial charge in [-0.05, 0) is 100 Å². The summed E-state index contributed by atoms with van der Waals surface area (Å²) in [5.74, 6) is 2.60. The molecule has 0 aliphatic heterocycles. The maximum absolute atomic E-state index is 10.9. The van der Waals surface area contributed by atoms with Gasteiger partial charge in [0.15, 0.2) is 28.9 Å². The molecule has 0 unspecified atom stereocenters. The molecule has 5 rings (SSSR count). The van der Waals surface area contributed by atoms with E-state index in [0.29, 0.717) is 27.8 Å². The molecule has 0 heterocycles. The molecular weight excluding hydrogens is 656 g/mol. The fourth-order valence-corrected chi connectivity index (χ4v) is 4.29. The zero-order chi connectivity index (χ0) is 37.9.